The van der Waals surface area contributed by atoms with E-state index in [-0.39, 0.29) is 0 Å². The minimum absolute atomic E-state index is 0.766. The molecule has 0 atom stereocenters. The lowest BCUT2D eigenvalue weighted by molar-refractivity contribution is 0.123. The third-order valence-electron chi connectivity index (χ3n) is 3.51. The molecule has 0 amide bonds. The average molecular weight is 218 g/mol. The lowest BCUT2D eigenvalue weighted by atomic mass is 9.91. The molecule has 0 aliphatic heterocycles. The van der Waals surface area contributed by atoms with Crippen molar-refractivity contribution in [3.05, 3.63) is 35.4 Å². The number of aryl methyl sites for hydroxylation is 1. The molecule has 2 heteroatoms. The van der Waals surface area contributed by atoms with Crippen LogP contribution in [0.3, 0.4) is 0 Å². The zero-order valence-electron chi connectivity index (χ0n) is 10.2. The number of hydrogen-bond acceptors (Lipinski definition) is 2. The molecule has 2 rings (SSSR count). The first-order chi connectivity index (χ1) is 7.79. The van der Waals surface area contributed by atoms with Crippen LogP contribution in [0.4, 0.5) is 0 Å². The monoisotopic (exact) mass is 218 g/mol. The molecule has 1 aromatic carbocycles. The van der Waals surface area contributed by atoms with Gasteiger partial charge in [0, 0.05) is 25.7 Å². The van der Waals surface area contributed by atoms with Crippen LogP contribution in [-0.4, -0.2) is 24.0 Å². The third kappa shape index (κ3) is 2.83. The fraction of sp³-hybridized carbons (Fsp3) is 0.571. The fourth-order valence-electron chi connectivity index (χ4n) is 2.24. The molecule has 88 valence electrons. The Balaban J connectivity index is 1.96. The SMILES string of the molecule is Cc1ccc(CN(CCN)C2CCC2)cc1. The van der Waals surface area contributed by atoms with Gasteiger partial charge in [0.25, 0.3) is 0 Å². The summed E-state index contributed by atoms with van der Waals surface area (Å²) < 4.78 is 0. The number of nitrogens with two attached hydrogens (primary N) is 1. The van der Waals surface area contributed by atoms with Crippen molar-refractivity contribution in [1.82, 2.24) is 4.90 Å². The molecule has 0 unspecified atom stereocenters. The molecule has 0 heterocycles. The van der Waals surface area contributed by atoms with Gasteiger partial charge in [0.1, 0.15) is 0 Å². The van der Waals surface area contributed by atoms with E-state index in [0.717, 1.165) is 25.7 Å². The molecule has 0 saturated heterocycles. The van der Waals surface area contributed by atoms with Crippen molar-refractivity contribution in [1.29, 1.82) is 0 Å². The molecule has 2 N–H and O–H groups in total. The summed E-state index contributed by atoms with van der Waals surface area (Å²) in [5.74, 6) is 0. The van der Waals surface area contributed by atoms with Crippen molar-refractivity contribution in [2.75, 3.05) is 13.1 Å². The highest BCUT2D eigenvalue weighted by atomic mass is 15.2. The van der Waals surface area contributed by atoms with Crippen LogP contribution in [0, 0.1) is 6.92 Å². The minimum atomic E-state index is 0.766. The fourth-order valence-corrected chi connectivity index (χ4v) is 2.24. The van der Waals surface area contributed by atoms with E-state index >= 15 is 0 Å². The predicted molar refractivity (Wildman–Crippen MR) is 68.3 cm³/mol. The lowest BCUT2D eigenvalue weighted by Gasteiger charge is -2.37. The summed E-state index contributed by atoms with van der Waals surface area (Å²) in [7, 11) is 0. The molecular formula is C14H22N2. The van der Waals surface area contributed by atoms with Gasteiger partial charge >= 0.3 is 0 Å². The molecule has 2 nitrogen and oxygen atoms in total. The Morgan fingerprint density at radius 3 is 2.44 bits per heavy atom. The zero-order valence-corrected chi connectivity index (χ0v) is 10.2. The second-order valence-electron chi connectivity index (χ2n) is 4.83. The summed E-state index contributed by atoms with van der Waals surface area (Å²) >= 11 is 0. The second kappa shape index (κ2) is 5.46. The van der Waals surface area contributed by atoms with E-state index in [9.17, 15) is 0 Å². The first-order valence-corrected chi connectivity index (χ1v) is 6.29. The number of benzene rings is 1. The Morgan fingerprint density at radius 1 is 1.25 bits per heavy atom. The second-order valence-corrected chi connectivity index (χ2v) is 4.83. The van der Waals surface area contributed by atoms with Crippen molar-refractivity contribution >= 4 is 0 Å². The van der Waals surface area contributed by atoms with Gasteiger partial charge in [-0.15, -0.1) is 0 Å². The first-order valence-electron chi connectivity index (χ1n) is 6.29. The van der Waals surface area contributed by atoms with Gasteiger partial charge in [0.2, 0.25) is 0 Å². The highest BCUT2D eigenvalue weighted by molar-refractivity contribution is 5.21. The van der Waals surface area contributed by atoms with Crippen LogP contribution in [0.25, 0.3) is 0 Å². The van der Waals surface area contributed by atoms with E-state index in [2.05, 4.69) is 36.1 Å². The van der Waals surface area contributed by atoms with Crippen molar-refractivity contribution in [2.45, 2.75) is 38.8 Å². The zero-order chi connectivity index (χ0) is 11.4. The molecule has 1 aromatic rings. The molecule has 0 spiro atoms. The Labute approximate surface area is 98.4 Å². The lowest BCUT2D eigenvalue weighted by Crippen LogP contribution is -2.42. The third-order valence-corrected chi connectivity index (χ3v) is 3.51. The van der Waals surface area contributed by atoms with Crippen LogP contribution in [0.1, 0.15) is 30.4 Å². The van der Waals surface area contributed by atoms with E-state index in [4.69, 9.17) is 5.73 Å². The summed E-state index contributed by atoms with van der Waals surface area (Å²) in [5, 5.41) is 0. The summed E-state index contributed by atoms with van der Waals surface area (Å²) in [6, 6.07) is 9.63. The molecule has 1 aliphatic carbocycles. The Hall–Kier alpha value is -0.860. The van der Waals surface area contributed by atoms with Gasteiger partial charge in [-0.05, 0) is 25.3 Å². The van der Waals surface area contributed by atoms with Crippen LogP contribution in [0.2, 0.25) is 0 Å². The van der Waals surface area contributed by atoms with Gasteiger partial charge in [0.05, 0.1) is 0 Å². The Kier molecular flexibility index (Phi) is 3.97. The van der Waals surface area contributed by atoms with Gasteiger partial charge in [-0.2, -0.15) is 0 Å². The molecule has 1 saturated carbocycles. The van der Waals surface area contributed by atoms with Crippen molar-refractivity contribution in [3.8, 4) is 0 Å². The van der Waals surface area contributed by atoms with Crippen LogP contribution >= 0.6 is 0 Å². The number of rotatable bonds is 5. The molecule has 0 aromatic heterocycles. The van der Waals surface area contributed by atoms with Gasteiger partial charge < -0.3 is 5.73 Å². The standard InChI is InChI=1S/C14H22N2/c1-12-5-7-13(8-6-12)11-16(10-9-15)14-3-2-4-14/h5-8,14H,2-4,9-11,15H2,1H3. The summed E-state index contributed by atoms with van der Waals surface area (Å²) in [5.41, 5.74) is 8.42. The smallest absolute Gasteiger partial charge is 0.0237 e. The average Bonchev–Trinajstić information content (AvgIpc) is 2.19. The number of nitrogens with zero attached hydrogens (tertiary/aromatic N) is 1. The first kappa shape index (κ1) is 11.6. The molecule has 16 heavy (non-hydrogen) atoms. The van der Waals surface area contributed by atoms with Crippen molar-refractivity contribution < 1.29 is 0 Å². The molecule has 1 fully saturated rings. The van der Waals surface area contributed by atoms with Crippen molar-refractivity contribution in [2.24, 2.45) is 5.73 Å². The van der Waals surface area contributed by atoms with Gasteiger partial charge in [-0.3, -0.25) is 4.90 Å². The quantitative estimate of drug-likeness (QED) is 0.821. The predicted octanol–water partition coefficient (Wildman–Crippen LogP) is 2.31. The Bertz CT molecular complexity index is 314. The van der Waals surface area contributed by atoms with Crippen LogP contribution < -0.4 is 5.73 Å². The van der Waals surface area contributed by atoms with E-state index in [1.807, 2.05) is 0 Å². The highest BCUT2D eigenvalue weighted by Crippen LogP contribution is 2.25. The number of hydrogen-bond donors (Lipinski definition) is 1. The maximum absolute atomic E-state index is 5.68. The molecule has 1 aliphatic rings. The topological polar surface area (TPSA) is 29.3 Å². The molecule has 0 radical (unpaired) electrons. The molecule has 0 bridgehead atoms. The highest BCUT2D eigenvalue weighted by Gasteiger charge is 2.24. The van der Waals surface area contributed by atoms with Crippen LogP contribution in [0.15, 0.2) is 24.3 Å². The van der Waals surface area contributed by atoms with E-state index in [1.165, 1.54) is 30.4 Å². The maximum Gasteiger partial charge on any atom is 0.0237 e. The van der Waals surface area contributed by atoms with Crippen LogP contribution in [0.5, 0.6) is 0 Å². The van der Waals surface area contributed by atoms with E-state index < -0.39 is 0 Å². The summed E-state index contributed by atoms with van der Waals surface area (Å²) in [4.78, 5) is 2.54. The normalized spacial score (nSPS) is 16.4. The maximum atomic E-state index is 5.68. The summed E-state index contributed by atoms with van der Waals surface area (Å²) in [6.07, 6.45) is 4.09. The largest absolute Gasteiger partial charge is 0.329 e. The molecular weight excluding hydrogens is 196 g/mol. The van der Waals surface area contributed by atoms with E-state index in [0.29, 0.717) is 0 Å². The van der Waals surface area contributed by atoms with Crippen LogP contribution in [-0.2, 0) is 6.54 Å². The van der Waals surface area contributed by atoms with Gasteiger partial charge in [0.15, 0.2) is 0 Å². The van der Waals surface area contributed by atoms with E-state index in [1.54, 1.807) is 0 Å². The summed E-state index contributed by atoms with van der Waals surface area (Å²) in [6.45, 7) is 4.98. The van der Waals surface area contributed by atoms with Gasteiger partial charge in [-0.1, -0.05) is 36.2 Å². The minimum Gasteiger partial charge on any atom is -0.329 e. The van der Waals surface area contributed by atoms with Crippen molar-refractivity contribution in [3.63, 3.8) is 0 Å². The van der Waals surface area contributed by atoms with Gasteiger partial charge in [-0.25, -0.2) is 0 Å². The Morgan fingerprint density at radius 2 is 1.94 bits per heavy atom.